The lowest BCUT2D eigenvalue weighted by molar-refractivity contribution is -0.129. The summed E-state index contributed by atoms with van der Waals surface area (Å²) in [6.45, 7) is 3.86. The van der Waals surface area contributed by atoms with Crippen molar-refractivity contribution in [2.24, 2.45) is 5.92 Å². The van der Waals surface area contributed by atoms with Gasteiger partial charge in [-0.1, -0.05) is 72.4 Å². The Morgan fingerprint density at radius 3 is 2.29 bits per heavy atom. The van der Waals surface area contributed by atoms with Crippen LogP contribution in [0.3, 0.4) is 0 Å². The van der Waals surface area contributed by atoms with Crippen LogP contribution in [0.1, 0.15) is 34.6 Å². The van der Waals surface area contributed by atoms with E-state index in [2.05, 4.69) is 22.3 Å². The Morgan fingerprint density at radius 2 is 1.61 bits per heavy atom. The first-order valence-corrected chi connectivity index (χ1v) is 11.5. The Morgan fingerprint density at radius 1 is 0.968 bits per heavy atom. The van der Waals surface area contributed by atoms with Gasteiger partial charge in [0.05, 0.1) is 12.3 Å². The molecule has 31 heavy (non-hydrogen) atoms. The van der Waals surface area contributed by atoms with Crippen LogP contribution in [0.5, 0.6) is 0 Å². The molecule has 7 heteroatoms. The molecule has 1 amide bonds. The molecule has 0 unspecified atom stereocenters. The number of piperidine rings is 1. The van der Waals surface area contributed by atoms with Gasteiger partial charge in [-0.2, -0.15) is 0 Å². The molecule has 4 rings (SSSR count). The molecule has 0 atom stereocenters. The van der Waals surface area contributed by atoms with Crippen molar-refractivity contribution < 1.29 is 9.59 Å². The predicted octanol–water partition coefficient (Wildman–Crippen LogP) is 3.85. The molecule has 0 aliphatic carbocycles. The van der Waals surface area contributed by atoms with E-state index >= 15 is 0 Å². The van der Waals surface area contributed by atoms with Gasteiger partial charge in [0.15, 0.2) is 10.9 Å². The largest absolute Gasteiger partial charge is 0.342 e. The zero-order valence-corrected chi connectivity index (χ0v) is 18.4. The molecule has 1 saturated heterocycles. The lowest BCUT2D eigenvalue weighted by Crippen LogP contribution is -2.41. The van der Waals surface area contributed by atoms with Crippen molar-refractivity contribution in [2.45, 2.75) is 31.5 Å². The summed E-state index contributed by atoms with van der Waals surface area (Å²) in [5, 5.41) is 9.20. The molecule has 0 N–H and O–H groups in total. The minimum atomic E-state index is -0.00396. The van der Waals surface area contributed by atoms with Crippen molar-refractivity contribution in [3.63, 3.8) is 0 Å². The number of rotatable bonds is 7. The van der Waals surface area contributed by atoms with Gasteiger partial charge >= 0.3 is 0 Å². The van der Waals surface area contributed by atoms with Crippen LogP contribution in [-0.2, 0) is 11.3 Å². The van der Waals surface area contributed by atoms with E-state index in [1.54, 1.807) is 0 Å². The summed E-state index contributed by atoms with van der Waals surface area (Å²) < 4.78 is 2.04. The summed E-state index contributed by atoms with van der Waals surface area (Å²) >= 11 is 1.42. The Labute approximate surface area is 186 Å². The van der Waals surface area contributed by atoms with Crippen LogP contribution in [0, 0.1) is 12.8 Å². The number of hydrogen-bond donors (Lipinski definition) is 0. The second-order valence-electron chi connectivity index (χ2n) is 7.78. The van der Waals surface area contributed by atoms with Gasteiger partial charge in [0, 0.05) is 24.6 Å². The third-order valence-corrected chi connectivity index (χ3v) is 6.64. The first kappa shape index (κ1) is 21.3. The number of benzene rings is 2. The van der Waals surface area contributed by atoms with Crippen LogP contribution in [0.25, 0.3) is 0 Å². The van der Waals surface area contributed by atoms with Crippen molar-refractivity contribution >= 4 is 23.5 Å². The molecule has 2 aromatic carbocycles. The molecule has 1 aromatic heterocycles. The highest BCUT2D eigenvalue weighted by molar-refractivity contribution is 7.99. The van der Waals surface area contributed by atoms with Crippen molar-refractivity contribution in [1.82, 2.24) is 19.7 Å². The Bertz CT molecular complexity index is 1030. The Balaban J connectivity index is 1.30. The summed E-state index contributed by atoms with van der Waals surface area (Å²) in [6.07, 6.45) is 1.43. The number of aromatic nitrogens is 3. The topological polar surface area (TPSA) is 68.1 Å². The van der Waals surface area contributed by atoms with Crippen LogP contribution < -0.4 is 0 Å². The minimum absolute atomic E-state index is 0.00396. The van der Waals surface area contributed by atoms with Crippen LogP contribution in [0.4, 0.5) is 0 Å². The first-order valence-electron chi connectivity index (χ1n) is 10.6. The number of thioether (sulfide) groups is 1. The Kier molecular flexibility index (Phi) is 6.82. The predicted molar refractivity (Wildman–Crippen MR) is 121 cm³/mol. The van der Waals surface area contributed by atoms with Crippen LogP contribution in [0.2, 0.25) is 0 Å². The third kappa shape index (κ3) is 5.22. The summed E-state index contributed by atoms with van der Waals surface area (Å²) in [5.74, 6) is 1.42. The maximum Gasteiger partial charge on any atom is 0.233 e. The van der Waals surface area contributed by atoms with Crippen molar-refractivity contribution in [2.75, 3.05) is 18.8 Å². The average molecular weight is 435 g/mol. The lowest BCUT2D eigenvalue weighted by Gasteiger charge is -2.31. The molecule has 0 bridgehead atoms. The number of hydrogen-bond acceptors (Lipinski definition) is 5. The summed E-state index contributed by atoms with van der Waals surface area (Å²) in [5.41, 5.74) is 1.93. The van der Waals surface area contributed by atoms with Crippen molar-refractivity contribution in [3.05, 3.63) is 77.6 Å². The number of amides is 1. The molecule has 2 heterocycles. The van der Waals surface area contributed by atoms with Gasteiger partial charge in [0.2, 0.25) is 5.91 Å². The van der Waals surface area contributed by atoms with Gasteiger partial charge in [-0.05, 0) is 25.3 Å². The number of aryl methyl sites for hydroxylation is 1. The number of carbonyl (C=O) groups excluding carboxylic acids is 2. The van der Waals surface area contributed by atoms with Gasteiger partial charge in [-0.25, -0.2) is 0 Å². The van der Waals surface area contributed by atoms with Gasteiger partial charge in [-0.3, -0.25) is 9.59 Å². The number of ketones is 1. The van der Waals surface area contributed by atoms with Crippen LogP contribution in [0.15, 0.2) is 65.8 Å². The maximum absolute atomic E-state index is 12.8. The molecule has 160 valence electrons. The molecule has 0 saturated carbocycles. The fourth-order valence-corrected chi connectivity index (χ4v) is 4.75. The minimum Gasteiger partial charge on any atom is -0.342 e. The highest BCUT2D eigenvalue weighted by atomic mass is 32.2. The molecule has 0 spiro atoms. The number of Topliss-reactive ketones (excluding diaryl/α,β-unsaturated/α-hetero) is 1. The van der Waals surface area contributed by atoms with Crippen molar-refractivity contribution in [3.8, 4) is 0 Å². The van der Waals surface area contributed by atoms with E-state index in [1.807, 2.05) is 64.9 Å². The monoisotopic (exact) mass is 434 g/mol. The normalized spacial score (nSPS) is 14.5. The lowest BCUT2D eigenvalue weighted by atomic mass is 9.89. The summed E-state index contributed by atoms with van der Waals surface area (Å²) in [7, 11) is 0. The van der Waals surface area contributed by atoms with E-state index in [0.717, 1.165) is 16.5 Å². The molecule has 1 aliphatic heterocycles. The fraction of sp³-hybridized carbons (Fsp3) is 0.333. The van der Waals surface area contributed by atoms with E-state index in [-0.39, 0.29) is 17.6 Å². The molecule has 0 radical (unpaired) electrons. The molecule has 1 fully saturated rings. The molecule has 3 aromatic rings. The standard InChI is InChI=1S/C24H26N4O2S/c1-18-25-26-24(28(18)16-19-8-4-2-5-9-19)31-17-22(29)27-14-12-21(13-15-27)23(30)20-10-6-3-7-11-20/h2-11,21H,12-17H2,1H3. The summed E-state index contributed by atoms with van der Waals surface area (Å²) in [4.78, 5) is 27.3. The van der Waals surface area contributed by atoms with E-state index < -0.39 is 0 Å². The van der Waals surface area contributed by atoms with E-state index in [9.17, 15) is 9.59 Å². The van der Waals surface area contributed by atoms with Gasteiger partial charge in [-0.15, -0.1) is 10.2 Å². The highest BCUT2D eigenvalue weighted by Crippen LogP contribution is 2.24. The third-order valence-electron chi connectivity index (χ3n) is 5.69. The molecule has 1 aliphatic rings. The van der Waals surface area contributed by atoms with Gasteiger partial charge in [0.25, 0.3) is 0 Å². The number of nitrogens with zero attached hydrogens (tertiary/aromatic N) is 4. The smallest absolute Gasteiger partial charge is 0.233 e. The number of carbonyl (C=O) groups is 2. The maximum atomic E-state index is 12.8. The molecular formula is C24H26N4O2S. The SMILES string of the molecule is Cc1nnc(SCC(=O)N2CCC(C(=O)c3ccccc3)CC2)n1Cc1ccccc1. The molecular weight excluding hydrogens is 408 g/mol. The Hall–Kier alpha value is -2.93. The quantitative estimate of drug-likeness (QED) is 0.417. The zero-order valence-electron chi connectivity index (χ0n) is 17.6. The second kappa shape index (κ2) is 9.92. The second-order valence-corrected chi connectivity index (χ2v) is 8.72. The zero-order chi connectivity index (χ0) is 21.6. The van der Waals surface area contributed by atoms with E-state index in [4.69, 9.17) is 0 Å². The first-order chi connectivity index (χ1) is 15.1. The average Bonchev–Trinajstić information content (AvgIpc) is 3.17. The van der Waals surface area contributed by atoms with Crippen molar-refractivity contribution in [1.29, 1.82) is 0 Å². The van der Waals surface area contributed by atoms with Crippen LogP contribution >= 0.6 is 11.8 Å². The van der Waals surface area contributed by atoms with Crippen LogP contribution in [-0.4, -0.2) is 50.2 Å². The number of likely N-dealkylation sites (tertiary alicyclic amines) is 1. The summed E-state index contributed by atoms with van der Waals surface area (Å²) in [6, 6.07) is 19.6. The highest BCUT2D eigenvalue weighted by Gasteiger charge is 2.28. The molecule has 6 nitrogen and oxygen atoms in total. The fourth-order valence-electron chi connectivity index (χ4n) is 3.86. The van der Waals surface area contributed by atoms with E-state index in [0.29, 0.717) is 38.2 Å². The van der Waals surface area contributed by atoms with E-state index in [1.165, 1.54) is 17.3 Å². The van der Waals surface area contributed by atoms with Gasteiger partial charge in [0.1, 0.15) is 5.82 Å². The van der Waals surface area contributed by atoms with Gasteiger partial charge < -0.3 is 9.47 Å².